The van der Waals surface area contributed by atoms with Gasteiger partial charge >= 0.3 is 0 Å². The molecule has 0 aliphatic carbocycles. The molecular formula is C14H27NO. The van der Waals surface area contributed by atoms with Crippen molar-refractivity contribution in [3.05, 3.63) is 12.2 Å². The zero-order chi connectivity index (χ0) is 12.8. The molecule has 0 bridgehead atoms. The summed E-state index contributed by atoms with van der Waals surface area (Å²) < 4.78 is 0. The van der Waals surface area contributed by atoms with Gasteiger partial charge in [-0.1, -0.05) is 32.9 Å². The van der Waals surface area contributed by atoms with Crippen LogP contribution in [0.25, 0.3) is 0 Å². The standard InChI is InChI=1S/C14H27NO/c1-7-8-9-12(10-14(4,5)6)13(16)15-11(2)3/h7-8,11-12H,9-10H2,1-6H3,(H,15,16)/b8-7+. The van der Waals surface area contributed by atoms with Gasteiger partial charge in [0, 0.05) is 12.0 Å². The van der Waals surface area contributed by atoms with Gasteiger partial charge in [-0.05, 0) is 39.0 Å². The number of carbonyl (C=O) groups excluding carboxylic acids is 1. The number of hydrogen-bond donors (Lipinski definition) is 1. The molecule has 0 saturated carbocycles. The number of nitrogens with one attached hydrogen (secondary N) is 1. The Morgan fingerprint density at radius 2 is 1.88 bits per heavy atom. The van der Waals surface area contributed by atoms with Crippen LogP contribution in [0.2, 0.25) is 0 Å². The lowest BCUT2D eigenvalue weighted by molar-refractivity contribution is -0.126. The molecule has 1 atom stereocenters. The Kier molecular flexibility index (Phi) is 6.39. The molecule has 0 radical (unpaired) electrons. The first-order valence-corrected chi connectivity index (χ1v) is 6.18. The molecule has 0 saturated heterocycles. The minimum absolute atomic E-state index is 0.0959. The smallest absolute Gasteiger partial charge is 0.223 e. The van der Waals surface area contributed by atoms with Crippen molar-refractivity contribution in [1.82, 2.24) is 5.32 Å². The lowest BCUT2D eigenvalue weighted by Gasteiger charge is -2.25. The minimum atomic E-state index is 0.0959. The van der Waals surface area contributed by atoms with Crippen LogP contribution >= 0.6 is 0 Å². The average Bonchev–Trinajstić information content (AvgIpc) is 2.09. The number of hydrogen-bond acceptors (Lipinski definition) is 1. The normalized spacial score (nSPS) is 14.4. The fraction of sp³-hybridized carbons (Fsp3) is 0.786. The largest absolute Gasteiger partial charge is 0.354 e. The van der Waals surface area contributed by atoms with Crippen molar-refractivity contribution in [2.24, 2.45) is 11.3 Å². The molecule has 2 heteroatoms. The van der Waals surface area contributed by atoms with Crippen molar-refractivity contribution in [3.8, 4) is 0 Å². The van der Waals surface area contributed by atoms with Gasteiger partial charge in [0.05, 0.1) is 0 Å². The van der Waals surface area contributed by atoms with E-state index in [0.29, 0.717) is 0 Å². The lowest BCUT2D eigenvalue weighted by atomic mass is 9.82. The van der Waals surface area contributed by atoms with E-state index in [4.69, 9.17) is 0 Å². The number of allylic oxidation sites excluding steroid dienone is 2. The van der Waals surface area contributed by atoms with E-state index in [1.54, 1.807) is 0 Å². The molecule has 94 valence electrons. The highest BCUT2D eigenvalue weighted by atomic mass is 16.1. The molecule has 0 heterocycles. The quantitative estimate of drug-likeness (QED) is 0.713. The molecule has 0 aliphatic heterocycles. The SMILES string of the molecule is C/C=C/CC(CC(C)(C)C)C(=O)NC(C)C. The summed E-state index contributed by atoms with van der Waals surface area (Å²) in [5, 5.41) is 3.00. The van der Waals surface area contributed by atoms with Gasteiger partial charge in [0.1, 0.15) is 0 Å². The van der Waals surface area contributed by atoms with E-state index in [1.165, 1.54) is 0 Å². The predicted molar refractivity (Wildman–Crippen MR) is 70.3 cm³/mol. The second kappa shape index (κ2) is 6.72. The summed E-state index contributed by atoms with van der Waals surface area (Å²) in [5.74, 6) is 0.279. The van der Waals surface area contributed by atoms with Crippen LogP contribution in [-0.2, 0) is 4.79 Å². The molecule has 16 heavy (non-hydrogen) atoms. The third-order valence-electron chi connectivity index (χ3n) is 2.32. The zero-order valence-corrected chi connectivity index (χ0v) is 11.6. The number of amides is 1. The summed E-state index contributed by atoms with van der Waals surface area (Å²) in [5.41, 5.74) is 0.195. The molecule has 0 fully saturated rings. The van der Waals surface area contributed by atoms with E-state index in [0.717, 1.165) is 12.8 Å². The van der Waals surface area contributed by atoms with Crippen molar-refractivity contribution < 1.29 is 4.79 Å². The van der Waals surface area contributed by atoms with Gasteiger partial charge in [0.2, 0.25) is 5.91 Å². The second-order valence-electron chi connectivity index (χ2n) is 5.93. The molecule has 0 aliphatic rings. The summed E-state index contributed by atoms with van der Waals surface area (Å²) in [7, 11) is 0. The van der Waals surface area contributed by atoms with Crippen LogP contribution < -0.4 is 5.32 Å². The molecule has 0 spiro atoms. The Morgan fingerprint density at radius 3 is 2.25 bits per heavy atom. The van der Waals surface area contributed by atoms with Crippen molar-refractivity contribution in [1.29, 1.82) is 0 Å². The van der Waals surface area contributed by atoms with Gasteiger partial charge in [-0.25, -0.2) is 0 Å². The summed E-state index contributed by atoms with van der Waals surface area (Å²) in [4.78, 5) is 12.0. The summed E-state index contributed by atoms with van der Waals surface area (Å²) in [6, 6.07) is 0.223. The molecule has 1 N–H and O–H groups in total. The lowest BCUT2D eigenvalue weighted by Crippen LogP contribution is -2.37. The Hall–Kier alpha value is -0.790. The molecule has 0 aromatic carbocycles. The molecule has 0 aromatic heterocycles. The highest BCUT2D eigenvalue weighted by Gasteiger charge is 2.24. The van der Waals surface area contributed by atoms with Crippen LogP contribution in [0.3, 0.4) is 0 Å². The minimum Gasteiger partial charge on any atom is -0.354 e. The summed E-state index contributed by atoms with van der Waals surface area (Å²) >= 11 is 0. The zero-order valence-electron chi connectivity index (χ0n) is 11.6. The van der Waals surface area contributed by atoms with Gasteiger partial charge in [0.15, 0.2) is 0 Å². The van der Waals surface area contributed by atoms with E-state index in [2.05, 4.69) is 32.2 Å². The van der Waals surface area contributed by atoms with E-state index < -0.39 is 0 Å². The first-order chi connectivity index (χ1) is 7.26. The van der Waals surface area contributed by atoms with Crippen LogP contribution in [0.4, 0.5) is 0 Å². The molecule has 0 aromatic rings. The number of rotatable bonds is 5. The van der Waals surface area contributed by atoms with E-state index in [1.807, 2.05) is 26.8 Å². The van der Waals surface area contributed by atoms with Crippen LogP contribution in [0, 0.1) is 11.3 Å². The van der Waals surface area contributed by atoms with Gasteiger partial charge in [0.25, 0.3) is 0 Å². The summed E-state index contributed by atoms with van der Waals surface area (Å²) in [6.45, 7) is 12.5. The fourth-order valence-corrected chi connectivity index (χ4v) is 1.72. The maximum atomic E-state index is 12.0. The van der Waals surface area contributed by atoms with Crippen LogP contribution in [0.1, 0.15) is 54.4 Å². The van der Waals surface area contributed by atoms with E-state index >= 15 is 0 Å². The average molecular weight is 225 g/mol. The molecular weight excluding hydrogens is 198 g/mol. The van der Waals surface area contributed by atoms with E-state index in [9.17, 15) is 4.79 Å². The molecule has 1 amide bonds. The summed E-state index contributed by atoms with van der Waals surface area (Å²) in [6.07, 6.45) is 5.86. The Morgan fingerprint density at radius 1 is 1.31 bits per heavy atom. The third-order valence-corrected chi connectivity index (χ3v) is 2.32. The first kappa shape index (κ1) is 15.2. The topological polar surface area (TPSA) is 29.1 Å². The highest BCUT2D eigenvalue weighted by molar-refractivity contribution is 5.79. The molecule has 0 rings (SSSR count). The van der Waals surface area contributed by atoms with E-state index in [-0.39, 0.29) is 23.3 Å². The van der Waals surface area contributed by atoms with Crippen molar-refractivity contribution in [2.75, 3.05) is 0 Å². The first-order valence-electron chi connectivity index (χ1n) is 6.18. The second-order valence-corrected chi connectivity index (χ2v) is 5.93. The Bertz CT molecular complexity index is 236. The van der Waals surface area contributed by atoms with Crippen LogP contribution in [0.5, 0.6) is 0 Å². The maximum Gasteiger partial charge on any atom is 0.223 e. The van der Waals surface area contributed by atoms with Gasteiger partial charge in [-0.2, -0.15) is 0 Å². The Balaban J connectivity index is 4.47. The van der Waals surface area contributed by atoms with Crippen molar-refractivity contribution >= 4 is 5.91 Å². The maximum absolute atomic E-state index is 12.0. The predicted octanol–water partition coefficient (Wildman–Crippen LogP) is 3.53. The van der Waals surface area contributed by atoms with Gasteiger partial charge < -0.3 is 5.32 Å². The van der Waals surface area contributed by atoms with Crippen molar-refractivity contribution in [2.45, 2.75) is 60.4 Å². The number of carbonyl (C=O) groups is 1. The van der Waals surface area contributed by atoms with Crippen LogP contribution in [0.15, 0.2) is 12.2 Å². The monoisotopic (exact) mass is 225 g/mol. The van der Waals surface area contributed by atoms with Crippen molar-refractivity contribution in [3.63, 3.8) is 0 Å². The molecule has 2 nitrogen and oxygen atoms in total. The Labute approximate surface area is 101 Å². The molecule has 1 unspecified atom stereocenters. The van der Waals surface area contributed by atoms with Gasteiger partial charge in [-0.3, -0.25) is 4.79 Å². The van der Waals surface area contributed by atoms with Gasteiger partial charge in [-0.15, -0.1) is 0 Å². The third kappa shape index (κ3) is 7.49. The van der Waals surface area contributed by atoms with Crippen LogP contribution in [-0.4, -0.2) is 11.9 Å². The highest BCUT2D eigenvalue weighted by Crippen LogP contribution is 2.26. The fourth-order valence-electron chi connectivity index (χ4n) is 1.72.